The van der Waals surface area contributed by atoms with Crippen LogP contribution in [0.25, 0.3) is 0 Å². The fraction of sp³-hybridized carbons (Fsp3) is 0.545. The summed E-state index contributed by atoms with van der Waals surface area (Å²) < 4.78 is 0. The predicted molar refractivity (Wildman–Crippen MR) is 104 cm³/mol. The van der Waals surface area contributed by atoms with Gasteiger partial charge in [0.1, 0.15) is 0 Å². The quantitative estimate of drug-likeness (QED) is 0.335. The molecule has 1 heterocycles. The van der Waals surface area contributed by atoms with Crippen LogP contribution in [-0.2, 0) is 12.8 Å². The molecule has 2 aromatic rings. The van der Waals surface area contributed by atoms with Crippen LogP contribution < -0.4 is 0 Å². The summed E-state index contributed by atoms with van der Waals surface area (Å²) in [6.07, 6.45) is 16.7. The SMILES string of the molecule is c1ccc(CCCCCCCCCCCCc2cccs2)cc1. The van der Waals surface area contributed by atoms with Crippen LogP contribution in [0.5, 0.6) is 0 Å². The Balaban J connectivity index is 1.30. The van der Waals surface area contributed by atoms with Gasteiger partial charge in [-0.2, -0.15) is 0 Å². The van der Waals surface area contributed by atoms with E-state index >= 15 is 0 Å². The molecule has 0 saturated heterocycles. The van der Waals surface area contributed by atoms with Gasteiger partial charge in [-0.15, -0.1) is 11.3 Å². The summed E-state index contributed by atoms with van der Waals surface area (Å²) >= 11 is 1.90. The lowest BCUT2D eigenvalue weighted by atomic mass is 10.0. The molecule has 0 saturated carbocycles. The standard InChI is InChI=1S/C22H32S/c1(2-4-6-8-13-18-22-19-14-20-23-22)3-5-7-10-15-21-16-11-9-12-17-21/h9,11-12,14,16-17,19-20H,1-8,10,13,15,18H2. The minimum atomic E-state index is 1.26. The van der Waals surface area contributed by atoms with Gasteiger partial charge in [0.2, 0.25) is 0 Å². The Kier molecular flexibility index (Phi) is 9.81. The molecule has 1 heteroatoms. The highest BCUT2D eigenvalue weighted by Crippen LogP contribution is 2.15. The van der Waals surface area contributed by atoms with Crippen molar-refractivity contribution < 1.29 is 0 Å². The first-order chi connectivity index (χ1) is 11.4. The summed E-state index contributed by atoms with van der Waals surface area (Å²) in [6, 6.07) is 15.3. The number of benzene rings is 1. The predicted octanol–water partition coefficient (Wildman–Crippen LogP) is 7.43. The van der Waals surface area contributed by atoms with Crippen molar-refractivity contribution in [3.05, 3.63) is 58.3 Å². The molecule has 0 fully saturated rings. The zero-order valence-corrected chi connectivity index (χ0v) is 15.3. The second kappa shape index (κ2) is 12.4. The first-order valence-corrected chi connectivity index (χ1v) is 10.4. The van der Waals surface area contributed by atoms with Gasteiger partial charge in [0.15, 0.2) is 0 Å². The molecule has 0 radical (unpaired) electrons. The van der Waals surface area contributed by atoms with E-state index in [1.165, 1.54) is 82.6 Å². The lowest BCUT2D eigenvalue weighted by Gasteiger charge is -2.03. The average molecular weight is 329 g/mol. The van der Waals surface area contributed by atoms with Crippen molar-refractivity contribution in [2.75, 3.05) is 0 Å². The fourth-order valence-electron chi connectivity index (χ4n) is 3.14. The lowest BCUT2D eigenvalue weighted by molar-refractivity contribution is 0.552. The van der Waals surface area contributed by atoms with Gasteiger partial charge in [0.25, 0.3) is 0 Å². The summed E-state index contributed by atoms with van der Waals surface area (Å²) in [5.74, 6) is 0. The normalized spacial score (nSPS) is 11.0. The van der Waals surface area contributed by atoms with Crippen molar-refractivity contribution in [3.8, 4) is 0 Å². The molecule has 0 spiro atoms. The molecule has 23 heavy (non-hydrogen) atoms. The minimum Gasteiger partial charge on any atom is -0.149 e. The van der Waals surface area contributed by atoms with Crippen LogP contribution >= 0.6 is 11.3 Å². The highest BCUT2D eigenvalue weighted by atomic mass is 32.1. The molecule has 0 unspecified atom stereocenters. The van der Waals surface area contributed by atoms with Crippen molar-refractivity contribution in [2.45, 2.75) is 77.0 Å². The number of hydrogen-bond acceptors (Lipinski definition) is 1. The van der Waals surface area contributed by atoms with Crippen LogP contribution in [0.15, 0.2) is 47.8 Å². The third-order valence-corrected chi connectivity index (χ3v) is 5.50. The van der Waals surface area contributed by atoms with Gasteiger partial charge in [-0.25, -0.2) is 0 Å². The lowest BCUT2D eigenvalue weighted by Crippen LogP contribution is -1.86. The smallest absolute Gasteiger partial charge is 0.00452 e. The van der Waals surface area contributed by atoms with Crippen LogP contribution in [0.4, 0.5) is 0 Å². The second-order valence-electron chi connectivity index (χ2n) is 6.60. The Morgan fingerprint density at radius 1 is 0.522 bits per heavy atom. The fourth-order valence-corrected chi connectivity index (χ4v) is 3.89. The molecule has 0 N–H and O–H groups in total. The molecule has 126 valence electrons. The van der Waals surface area contributed by atoms with E-state index in [4.69, 9.17) is 0 Å². The van der Waals surface area contributed by atoms with Crippen molar-refractivity contribution in [1.82, 2.24) is 0 Å². The van der Waals surface area contributed by atoms with Gasteiger partial charge in [-0.3, -0.25) is 0 Å². The van der Waals surface area contributed by atoms with Gasteiger partial charge in [0, 0.05) is 4.88 Å². The average Bonchev–Trinajstić information content (AvgIpc) is 3.10. The number of thiophene rings is 1. The van der Waals surface area contributed by atoms with Crippen molar-refractivity contribution in [2.24, 2.45) is 0 Å². The monoisotopic (exact) mass is 328 g/mol. The molecule has 0 atom stereocenters. The second-order valence-corrected chi connectivity index (χ2v) is 7.63. The van der Waals surface area contributed by atoms with Crippen LogP contribution in [-0.4, -0.2) is 0 Å². The van der Waals surface area contributed by atoms with Crippen LogP contribution in [0.2, 0.25) is 0 Å². The molecule has 0 aliphatic carbocycles. The molecule has 1 aromatic heterocycles. The zero-order chi connectivity index (χ0) is 16.0. The molecule has 0 bridgehead atoms. The Bertz CT molecular complexity index is 472. The van der Waals surface area contributed by atoms with Gasteiger partial charge >= 0.3 is 0 Å². The number of aryl methyl sites for hydroxylation is 2. The summed E-state index contributed by atoms with van der Waals surface area (Å²) in [6.45, 7) is 0. The van der Waals surface area contributed by atoms with Crippen LogP contribution in [0.3, 0.4) is 0 Å². The van der Waals surface area contributed by atoms with E-state index in [1.54, 1.807) is 4.88 Å². The summed E-state index contributed by atoms with van der Waals surface area (Å²) in [5.41, 5.74) is 1.50. The van der Waals surface area contributed by atoms with Crippen molar-refractivity contribution >= 4 is 11.3 Å². The first-order valence-electron chi connectivity index (χ1n) is 9.51. The van der Waals surface area contributed by atoms with Gasteiger partial charge < -0.3 is 0 Å². The maximum absolute atomic E-state index is 2.27. The van der Waals surface area contributed by atoms with Crippen molar-refractivity contribution in [3.63, 3.8) is 0 Å². The van der Waals surface area contributed by atoms with E-state index in [0.29, 0.717) is 0 Å². The molecular weight excluding hydrogens is 296 g/mol. The summed E-state index contributed by atoms with van der Waals surface area (Å²) in [5, 5.41) is 2.19. The van der Waals surface area contributed by atoms with E-state index in [-0.39, 0.29) is 0 Å². The number of rotatable bonds is 13. The Hall–Kier alpha value is -1.08. The van der Waals surface area contributed by atoms with E-state index in [1.807, 2.05) is 11.3 Å². The van der Waals surface area contributed by atoms with E-state index in [0.717, 1.165) is 0 Å². The maximum atomic E-state index is 2.27. The third kappa shape index (κ3) is 8.95. The van der Waals surface area contributed by atoms with Crippen LogP contribution in [0, 0.1) is 0 Å². The van der Waals surface area contributed by atoms with E-state index in [9.17, 15) is 0 Å². The Labute approximate surface area is 147 Å². The largest absolute Gasteiger partial charge is 0.149 e. The van der Waals surface area contributed by atoms with Gasteiger partial charge in [0.05, 0.1) is 0 Å². The molecule has 2 rings (SSSR count). The molecule has 0 aliphatic heterocycles. The first kappa shape index (κ1) is 18.3. The number of unbranched alkanes of at least 4 members (excludes halogenated alkanes) is 9. The van der Waals surface area contributed by atoms with Crippen LogP contribution in [0.1, 0.15) is 74.6 Å². The molecule has 0 nitrogen and oxygen atoms in total. The topological polar surface area (TPSA) is 0 Å². The highest BCUT2D eigenvalue weighted by molar-refractivity contribution is 7.09. The molecule has 0 aliphatic rings. The Morgan fingerprint density at radius 2 is 1.09 bits per heavy atom. The molecular formula is C22H32S. The van der Waals surface area contributed by atoms with E-state index < -0.39 is 0 Å². The zero-order valence-electron chi connectivity index (χ0n) is 14.5. The summed E-state index contributed by atoms with van der Waals surface area (Å²) in [4.78, 5) is 1.56. The highest BCUT2D eigenvalue weighted by Gasteiger charge is 1.96. The van der Waals surface area contributed by atoms with Crippen molar-refractivity contribution in [1.29, 1.82) is 0 Å². The number of hydrogen-bond donors (Lipinski definition) is 0. The maximum Gasteiger partial charge on any atom is 0.00452 e. The molecule has 0 amide bonds. The van der Waals surface area contributed by atoms with Gasteiger partial charge in [-0.05, 0) is 42.7 Å². The third-order valence-electron chi connectivity index (χ3n) is 4.56. The Morgan fingerprint density at radius 3 is 1.65 bits per heavy atom. The summed E-state index contributed by atoms with van der Waals surface area (Å²) in [7, 11) is 0. The molecule has 1 aromatic carbocycles. The minimum absolute atomic E-state index is 1.26. The van der Waals surface area contributed by atoms with Gasteiger partial charge in [-0.1, -0.05) is 87.8 Å². The van der Waals surface area contributed by atoms with E-state index in [2.05, 4.69) is 47.8 Å².